The van der Waals surface area contributed by atoms with Crippen LogP contribution in [0.1, 0.15) is 220 Å². The van der Waals surface area contributed by atoms with Crippen molar-refractivity contribution in [1.82, 2.24) is 10.2 Å². The minimum Gasteiger partial charge on any atom is -0.354 e. The zero-order chi connectivity index (χ0) is 34.5. The van der Waals surface area contributed by atoms with Gasteiger partial charge in [-0.05, 0) is 77.0 Å². The molecule has 0 aromatic carbocycles. The highest BCUT2D eigenvalue weighted by Crippen LogP contribution is 2.20. The molecule has 1 saturated heterocycles. The highest BCUT2D eigenvalue weighted by Gasteiger charge is 2.33. The summed E-state index contributed by atoms with van der Waals surface area (Å²) in [4.78, 5) is 27.5. The lowest BCUT2D eigenvalue weighted by Gasteiger charge is -2.24. The quantitative estimate of drug-likeness (QED) is 0.0577. The first kappa shape index (κ1) is 45.4. The van der Waals surface area contributed by atoms with Crippen LogP contribution in [-0.4, -0.2) is 35.8 Å². The van der Waals surface area contributed by atoms with Crippen molar-refractivity contribution in [1.29, 1.82) is 0 Å². The van der Waals surface area contributed by atoms with Crippen LogP contribution in [-0.2, 0) is 9.59 Å². The zero-order valence-corrected chi connectivity index (χ0v) is 32.3. The van der Waals surface area contributed by atoms with Gasteiger partial charge in [-0.2, -0.15) is 0 Å². The Morgan fingerprint density at radius 1 is 0.553 bits per heavy atom. The third-order valence-corrected chi connectivity index (χ3v) is 9.52. The van der Waals surface area contributed by atoms with Crippen molar-refractivity contribution in [2.75, 3.05) is 13.1 Å². The number of carbonyl (C=O) groups is 2. The Morgan fingerprint density at radius 2 is 0.936 bits per heavy atom. The molecule has 1 unspecified atom stereocenters. The molecule has 1 aliphatic heterocycles. The van der Waals surface area contributed by atoms with E-state index in [2.05, 4.69) is 43.5 Å². The fourth-order valence-corrected chi connectivity index (χ4v) is 6.53. The van der Waals surface area contributed by atoms with Gasteiger partial charge in [0.1, 0.15) is 6.04 Å². The lowest BCUT2D eigenvalue weighted by molar-refractivity contribution is -0.138. The number of amides is 2. The van der Waals surface area contributed by atoms with E-state index in [1.807, 2.05) is 18.7 Å². The second kappa shape index (κ2) is 37.2. The Hall–Kier alpha value is -1.58. The van der Waals surface area contributed by atoms with Gasteiger partial charge in [-0.1, -0.05) is 161 Å². The first-order valence-electron chi connectivity index (χ1n) is 21.1. The van der Waals surface area contributed by atoms with Gasteiger partial charge in [0.15, 0.2) is 0 Å². The molecule has 1 heterocycles. The number of carbonyl (C=O) groups excluding carboxylic acids is 2. The van der Waals surface area contributed by atoms with E-state index in [1.54, 1.807) is 0 Å². The van der Waals surface area contributed by atoms with Crippen LogP contribution >= 0.6 is 0 Å². The summed E-state index contributed by atoms with van der Waals surface area (Å²) in [5, 5.41) is 3.13. The van der Waals surface area contributed by atoms with Crippen molar-refractivity contribution in [2.24, 2.45) is 0 Å². The van der Waals surface area contributed by atoms with Crippen LogP contribution in [0.3, 0.4) is 0 Å². The second-order valence-corrected chi connectivity index (χ2v) is 13.8. The first-order chi connectivity index (χ1) is 23.2. The maximum atomic E-state index is 12.9. The van der Waals surface area contributed by atoms with Gasteiger partial charge in [0, 0.05) is 19.5 Å². The predicted octanol–water partition coefficient (Wildman–Crippen LogP) is 13.2. The van der Waals surface area contributed by atoms with E-state index in [1.165, 1.54) is 154 Å². The molecule has 0 radical (unpaired) electrons. The number of nitrogens with one attached hydrogen (secondary N) is 1. The molecule has 4 nitrogen and oxygen atoms in total. The molecular weight excluding hydrogens is 576 g/mol. The number of likely N-dealkylation sites (tertiary alicyclic amines) is 1. The lowest BCUT2D eigenvalue weighted by Crippen LogP contribution is -2.46. The van der Waals surface area contributed by atoms with Crippen LogP contribution in [0, 0.1) is 0 Å². The molecule has 0 bridgehead atoms. The van der Waals surface area contributed by atoms with E-state index in [0.29, 0.717) is 6.42 Å². The fourth-order valence-electron chi connectivity index (χ4n) is 6.53. The summed E-state index contributed by atoms with van der Waals surface area (Å²) in [5.41, 5.74) is 0. The number of hydrogen-bond donors (Lipinski definition) is 1. The number of hydrogen-bond acceptors (Lipinski definition) is 2. The van der Waals surface area contributed by atoms with E-state index < -0.39 is 0 Å². The van der Waals surface area contributed by atoms with Crippen molar-refractivity contribution >= 4 is 11.8 Å². The van der Waals surface area contributed by atoms with Gasteiger partial charge in [0.25, 0.3) is 0 Å². The van der Waals surface area contributed by atoms with E-state index in [9.17, 15) is 9.59 Å². The van der Waals surface area contributed by atoms with Gasteiger partial charge in [-0.3, -0.25) is 9.59 Å². The third kappa shape index (κ3) is 29.1. The van der Waals surface area contributed by atoms with E-state index in [4.69, 9.17) is 0 Å². The Bertz CT molecular complexity index is 731. The number of rotatable bonds is 32. The van der Waals surface area contributed by atoms with Gasteiger partial charge >= 0.3 is 0 Å². The van der Waals surface area contributed by atoms with E-state index in [-0.39, 0.29) is 17.9 Å². The highest BCUT2D eigenvalue weighted by molar-refractivity contribution is 5.88. The molecular formula is C43H82N2O2. The van der Waals surface area contributed by atoms with Gasteiger partial charge in [-0.25, -0.2) is 0 Å². The fraction of sp³-hybridized carbons (Fsp3) is 0.860. The van der Waals surface area contributed by atoms with Crippen LogP contribution in [0.2, 0.25) is 0 Å². The van der Waals surface area contributed by atoms with Crippen molar-refractivity contribution < 1.29 is 9.59 Å². The second-order valence-electron chi connectivity index (χ2n) is 13.8. The molecule has 0 spiro atoms. The Morgan fingerprint density at radius 3 is 1.38 bits per heavy atom. The summed E-state index contributed by atoms with van der Waals surface area (Å²) >= 11 is 0. The molecule has 0 aromatic rings. The lowest BCUT2D eigenvalue weighted by atomic mass is 10.1. The number of unbranched alkanes of at least 4 members (excludes halogenated alkanes) is 23. The molecule has 4 heteroatoms. The van der Waals surface area contributed by atoms with Crippen LogP contribution in [0.25, 0.3) is 0 Å². The average Bonchev–Trinajstić information content (AvgIpc) is 3.59. The van der Waals surface area contributed by atoms with Crippen LogP contribution in [0.4, 0.5) is 0 Å². The van der Waals surface area contributed by atoms with Crippen molar-refractivity contribution in [3.63, 3.8) is 0 Å². The van der Waals surface area contributed by atoms with Gasteiger partial charge in [0.05, 0.1) is 0 Å². The van der Waals surface area contributed by atoms with Crippen molar-refractivity contribution in [2.45, 2.75) is 226 Å². The molecule has 1 N–H and O–H groups in total. The monoisotopic (exact) mass is 659 g/mol. The topological polar surface area (TPSA) is 49.4 Å². The van der Waals surface area contributed by atoms with Crippen molar-refractivity contribution in [3.8, 4) is 0 Å². The molecule has 1 atom stereocenters. The largest absolute Gasteiger partial charge is 0.354 e. The average molecular weight is 659 g/mol. The number of nitrogens with zero attached hydrogens (tertiary/aromatic N) is 1. The summed E-state index contributed by atoms with van der Waals surface area (Å²) in [7, 11) is 0. The standard InChI is InChI=1S/C41H76N2O2.C2H6/c1-3-5-7-9-11-13-15-17-19-21-23-25-27-29-31-33-37-42-41(45)39-35-34-38-43(39)40(44)36-32-30-28-26-24-22-20-18-16-14-12-10-8-6-4-2;1-2/h17-20,39H,3-16,21-38H2,1-2H3,(H,42,45);1-2H3/b19-17-,20-18-;. The maximum absolute atomic E-state index is 12.9. The van der Waals surface area contributed by atoms with Crippen LogP contribution in [0.5, 0.6) is 0 Å². The van der Waals surface area contributed by atoms with E-state index >= 15 is 0 Å². The highest BCUT2D eigenvalue weighted by atomic mass is 16.2. The number of allylic oxidation sites excluding steroid dienone is 4. The Kier molecular flexibility index (Phi) is 36.0. The molecule has 0 aliphatic carbocycles. The summed E-state index contributed by atoms with van der Waals surface area (Å²) < 4.78 is 0. The van der Waals surface area contributed by atoms with Gasteiger partial charge in [-0.15, -0.1) is 0 Å². The molecule has 1 aliphatic rings. The van der Waals surface area contributed by atoms with Crippen molar-refractivity contribution in [3.05, 3.63) is 24.3 Å². The first-order valence-corrected chi connectivity index (χ1v) is 21.1. The summed E-state index contributed by atoms with van der Waals surface area (Å²) in [6, 6.07) is -0.241. The summed E-state index contributed by atoms with van der Waals surface area (Å²) in [6.07, 6.45) is 46.4. The minimum atomic E-state index is -0.241. The molecule has 2 amide bonds. The summed E-state index contributed by atoms with van der Waals surface area (Å²) in [6.45, 7) is 10.0. The smallest absolute Gasteiger partial charge is 0.242 e. The maximum Gasteiger partial charge on any atom is 0.242 e. The van der Waals surface area contributed by atoms with Gasteiger partial charge < -0.3 is 10.2 Å². The predicted molar refractivity (Wildman–Crippen MR) is 208 cm³/mol. The zero-order valence-electron chi connectivity index (χ0n) is 32.3. The van der Waals surface area contributed by atoms with Gasteiger partial charge in [0.2, 0.25) is 11.8 Å². The Balaban J connectivity index is 0.0000104. The molecule has 1 fully saturated rings. The van der Waals surface area contributed by atoms with Crippen LogP contribution in [0.15, 0.2) is 24.3 Å². The Labute approximate surface area is 294 Å². The molecule has 0 saturated carbocycles. The van der Waals surface area contributed by atoms with E-state index in [0.717, 1.165) is 45.2 Å². The normalized spacial score (nSPS) is 14.6. The SMILES string of the molecule is CC.CCCCCCCC/C=C\CCCCCCCCNC(=O)C1CCCN1C(=O)CCCCCCC/C=C\CCCCCCCC. The molecule has 276 valence electrons. The minimum absolute atomic E-state index is 0.0677. The molecule has 47 heavy (non-hydrogen) atoms. The summed E-state index contributed by atoms with van der Waals surface area (Å²) in [5.74, 6) is 0.251. The van der Waals surface area contributed by atoms with Crippen LogP contribution < -0.4 is 5.32 Å². The molecule has 1 rings (SSSR count). The molecule has 0 aromatic heterocycles. The third-order valence-electron chi connectivity index (χ3n) is 9.52.